The fourth-order valence-electron chi connectivity index (χ4n) is 3.05. The number of rotatable bonds is 18. The molecule has 0 bridgehead atoms. The van der Waals surface area contributed by atoms with E-state index in [1.807, 2.05) is 0 Å². The Labute approximate surface area is 172 Å². The first-order chi connectivity index (χ1) is 11.5. The molecule has 4 nitrogen and oxygen atoms in total. The first kappa shape index (κ1) is 30.3. The molecule has 0 aliphatic carbocycles. The molecule has 1 unspecified atom stereocenters. The van der Waals surface area contributed by atoms with Crippen LogP contribution in [0.5, 0.6) is 0 Å². The van der Waals surface area contributed by atoms with E-state index < -0.39 is 11.9 Å². The van der Waals surface area contributed by atoms with Crippen LogP contribution in [0.1, 0.15) is 110 Å². The summed E-state index contributed by atoms with van der Waals surface area (Å²) in [7, 11) is 0. The van der Waals surface area contributed by atoms with Crippen LogP contribution in [0.3, 0.4) is 0 Å². The van der Waals surface area contributed by atoms with Gasteiger partial charge in [0.15, 0.2) is 0 Å². The molecule has 26 heavy (non-hydrogen) atoms. The van der Waals surface area contributed by atoms with Gasteiger partial charge in [0.2, 0.25) is 0 Å². The van der Waals surface area contributed by atoms with Gasteiger partial charge in [-0.3, -0.25) is 9.59 Å². The molecule has 2 N–H and O–H groups in total. The average molecular weight is 415 g/mol. The SMILES string of the molecule is CC(CCCCCCCCCCCCCCC(=O)O)CCC(=O)O.Cl.Cl. The second-order valence-corrected chi connectivity index (χ2v) is 7.21. The monoisotopic (exact) mass is 414 g/mol. The third-order valence-electron chi connectivity index (χ3n) is 4.69. The molecule has 0 spiro atoms. The van der Waals surface area contributed by atoms with Gasteiger partial charge in [-0.15, -0.1) is 24.8 Å². The van der Waals surface area contributed by atoms with E-state index in [0.717, 1.165) is 25.7 Å². The molecule has 0 aliphatic heterocycles. The molecule has 1 atom stereocenters. The Morgan fingerprint density at radius 1 is 0.577 bits per heavy atom. The van der Waals surface area contributed by atoms with Crippen molar-refractivity contribution in [1.82, 2.24) is 0 Å². The van der Waals surface area contributed by atoms with E-state index in [1.54, 1.807) is 0 Å². The molecule has 0 rings (SSSR count). The lowest BCUT2D eigenvalue weighted by atomic mass is 9.97. The number of carboxylic acids is 2. The summed E-state index contributed by atoms with van der Waals surface area (Å²) in [4.78, 5) is 20.9. The van der Waals surface area contributed by atoms with Crippen LogP contribution in [-0.4, -0.2) is 22.2 Å². The third kappa shape index (κ3) is 25.8. The number of aliphatic carboxylic acids is 2. The summed E-state index contributed by atoms with van der Waals surface area (Å²) in [6.07, 6.45) is 17.3. The van der Waals surface area contributed by atoms with Gasteiger partial charge >= 0.3 is 11.9 Å². The number of unbranched alkanes of at least 4 members (excludes halogenated alkanes) is 11. The second kappa shape index (κ2) is 22.6. The molecule has 0 fully saturated rings. The molecule has 6 heteroatoms. The summed E-state index contributed by atoms with van der Waals surface area (Å²) in [6, 6.07) is 0. The molecule has 158 valence electrons. The van der Waals surface area contributed by atoms with E-state index in [2.05, 4.69) is 6.92 Å². The van der Waals surface area contributed by atoms with E-state index in [9.17, 15) is 9.59 Å². The minimum atomic E-state index is -0.679. The third-order valence-corrected chi connectivity index (χ3v) is 4.69. The number of carboxylic acid groups (broad SMARTS) is 2. The Morgan fingerprint density at radius 3 is 1.31 bits per heavy atom. The quantitative estimate of drug-likeness (QED) is 0.239. The van der Waals surface area contributed by atoms with E-state index >= 15 is 0 Å². The van der Waals surface area contributed by atoms with Gasteiger partial charge in [0, 0.05) is 12.8 Å². The van der Waals surface area contributed by atoms with Crippen molar-refractivity contribution in [3.63, 3.8) is 0 Å². The number of halogens is 2. The van der Waals surface area contributed by atoms with Crippen LogP contribution in [0.15, 0.2) is 0 Å². The first-order valence-corrected chi connectivity index (χ1v) is 9.96. The molecule has 0 aromatic heterocycles. The zero-order valence-electron chi connectivity index (χ0n) is 16.4. The molecule has 0 aromatic rings. The van der Waals surface area contributed by atoms with Gasteiger partial charge in [-0.1, -0.05) is 84.0 Å². The smallest absolute Gasteiger partial charge is 0.303 e. The number of hydrogen-bond donors (Lipinski definition) is 2. The molecule has 0 saturated heterocycles. The largest absolute Gasteiger partial charge is 0.481 e. The van der Waals surface area contributed by atoms with Crippen molar-refractivity contribution >= 4 is 36.8 Å². The Balaban J connectivity index is -0.00000264. The van der Waals surface area contributed by atoms with Gasteiger partial charge in [-0.2, -0.15) is 0 Å². The lowest BCUT2D eigenvalue weighted by Crippen LogP contribution is -2.01. The summed E-state index contributed by atoms with van der Waals surface area (Å²) in [6.45, 7) is 2.16. The van der Waals surface area contributed by atoms with E-state index in [0.29, 0.717) is 18.8 Å². The van der Waals surface area contributed by atoms with Crippen LogP contribution in [0.4, 0.5) is 0 Å². The Bertz CT molecular complexity index is 325. The minimum Gasteiger partial charge on any atom is -0.481 e. The van der Waals surface area contributed by atoms with E-state index in [1.165, 1.54) is 64.2 Å². The van der Waals surface area contributed by atoms with E-state index in [4.69, 9.17) is 10.2 Å². The first-order valence-electron chi connectivity index (χ1n) is 9.96. The highest BCUT2D eigenvalue weighted by Gasteiger charge is 2.05. The second-order valence-electron chi connectivity index (χ2n) is 7.21. The van der Waals surface area contributed by atoms with Crippen molar-refractivity contribution in [2.24, 2.45) is 5.92 Å². The van der Waals surface area contributed by atoms with Crippen molar-refractivity contribution in [2.75, 3.05) is 0 Å². The van der Waals surface area contributed by atoms with Gasteiger partial charge in [0.1, 0.15) is 0 Å². The highest BCUT2D eigenvalue weighted by atomic mass is 35.5. The zero-order valence-corrected chi connectivity index (χ0v) is 18.1. The normalized spacial score (nSPS) is 11.3. The zero-order chi connectivity index (χ0) is 18.0. The van der Waals surface area contributed by atoms with Gasteiger partial charge in [0.05, 0.1) is 0 Å². The Morgan fingerprint density at radius 2 is 0.923 bits per heavy atom. The van der Waals surface area contributed by atoms with Gasteiger partial charge in [-0.05, 0) is 18.8 Å². The maximum absolute atomic E-state index is 10.5. The molecule has 0 aliphatic rings. The fourth-order valence-corrected chi connectivity index (χ4v) is 3.05. The molecular formula is C20H40Cl2O4. The van der Waals surface area contributed by atoms with Crippen LogP contribution < -0.4 is 0 Å². The predicted molar refractivity (Wildman–Crippen MR) is 113 cm³/mol. The van der Waals surface area contributed by atoms with Crippen molar-refractivity contribution in [1.29, 1.82) is 0 Å². The standard InChI is InChI=1S/C20H38O4.2ClH/c1-18(16-17-20(23)24)14-12-10-8-6-4-2-3-5-7-9-11-13-15-19(21)22;;/h18H,2-17H2,1H3,(H,21,22)(H,23,24);2*1H. The van der Waals surface area contributed by atoms with Gasteiger partial charge < -0.3 is 10.2 Å². The van der Waals surface area contributed by atoms with Crippen LogP contribution >= 0.6 is 24.8 Å². The van der Waals surface area contributed by atoms with Gasteiger partial charge in [-0.25, -0.2) is 0 Å². The molecule has 0 radical (unpaired) electrons. The Kier molecular flexibility index (Phi) is 26.3. The Hall–Kier alpha value is -0.480. The number of carbonyl (C=O) groups is 2. The summed E-state index contributed by atoms with van der Waals surface area (Å²) < 4.78 is 0. The lowest BCUT2D eigenvalue weighted by molar-refractivity contribution is -0.138. The van der Waals surface area contributed by atoms with Crippen LogP contribution in [0.2, 0.25) is 0 Å². The topological polar surface area (TPSA) is 74.6 Å². The maximum Gasteiger partial charge on any atom is 0.303 e. The lowest BCUT2D eigenvalue weighted by Gasteiger charge is -2.09. The van der Waals surface area contributed by atoms with Crippen LogP contribution in [-0.2, 0) is 9.59 Å². The van der Waals surface area contributed by atoms with E-state index in [-0.39, 0.29) is 24.8 Å². The van der Waals surface area contributed by atoms with Crippen LogP contribution in [0, 0.1) is 5.92 Å². The summed E-state index contributed by atoms with van der Waals surface area (Å²) in [5.41, 5.74) is 0. The molecule has 0 saturated carbocycles. The van der Waals surface area contributed by atoms with Crippen molar-refractivity contribution < 1.29 is 19.8 Å². The fraction of sp³-hybridized carbons (Fsp3) is 0.900. The van der Waals surface area contributed by atoms with Crippen molar-refractivity contribution in [3.05, 3.63) is 0 Å². The molecule has 0 amide bonds. The highest BCUT2D eigenvalue weighted by Crippen LogP contribution is 2.17. The predicted octanol–water partition coefficient (Wildman–Crippen LogP) is 6.88. The van der Waals surface area contributed by atoms with Crippen molar-refractivity contribution in [2.45, 2.75) is 110 Å². The average Bonchev–Trinajstić information content (AvgIpc) is 2.52. The summed E-state index contributed by atoms with van der Waals surface area (Å²) in [5.74, 6) is -0.816. The minimum absolute atomic E-state index is 0. The summed E-state index contributed by atoms with van der Waals surface area (Å²) in [5, 5.41) is 17.2. The van der Waals surface area contributed by atoms with Gasteiger partial charge in [0.25, 0.3) is 0 Å². The molecule has 0 aromatic carbocycles. The van der Waals surface area contributed by atoms with Crippen molar-refractivity contribution in [3.8, 4) is 0 Å². The molecular weight excluding hydrogens is 375 g/mol. The highest BCUT2D eigenvalue weighted by molar-refractivity contribution is 5.85. The number of hydrogen-bond acceptors (Lipinski definition) is 2. The van der Waals surface area contributed by atoms with Crippen LogP contribution in [0.25, 0.3) is 0 Å². The maximum atomic E-state index is 10.5. The summed E-state index contributed by atoms with van der Waals surface area (Å²) >= 11 is 0. The molecule has 0 heterocycles.